The van der Waals surface area contributed by atoms with Crippen molar-refractivity contribution in [1.29, 1.82) is 0 Å². The molecule has 0 aromatic heterocycles. The number of benzene rings is 1. The van der Waals surface area contributed by atoms with Crippen LogP contribution in [0.5, 0.6) is 0 Å². The highest BCUT2D eigenvalue weighted by atomic mass is 32.2. The van der Waals surface area contributed by atoms with Crippen LogP contribution in [0.15, 0.2) is 23.1 Å². The van der Waals surface area contributed by atoms with Gasteiger partial charge >= 0.3 is 0 Å². The maximum Gasteiger partial charge on any atom is 0.240 e. The van der Waals surface area contributed by atoms with Crippen molar-refractivity contribution in [1.82, 2.24) is 4.72 Å². The number of nitrogens with one attached hydrogen (secondary N) is 2. The van der Waals surface area contributed by atoms with E-state index in [1.165, 1.54) is 32.4 Å². The lowest BCUT2D eigenvalue weighted by Gasteiger charge is -2.26. The van der Waals surface area contributed by atoms with Gasteiger partial charge in [-0.05, 0) is 44.0 Å². The first-order valence-corrected chi connectivity index (χ1v) is 7.58. The highest BCUT2D eigenvalue weighted by Gasteiger charge is 2.17. The number of nitrogen functional groups attached to an aromatic ring is 1. The van der Waals surface area contributed by atoms with Crippen molar-refractivity contribution in [2.24, 2.45) is 5.92 Å². The van der Waals surface area contributed by atoms with Crippen LogP contribution in [0, 0.1) is 5.92 Å². The first kappa shape index (κ1) is 13.2. The van der Waals surface area contributed by atoms with Crippen molar-refractivity contribution in [3.8, 4) is 0 Å². The summed E-state index contributed by atoms with van der Waals surface area (Å²) in [5.74, 6) is 0.727. The Morgan fingerprint density at radius 3 is 2.61 bits per heavy atom. The average Bonchev–Trinajstić information content (AvgIpc) is 2.29. The molecule has 6 heteroatoms. The molecule has 0 unspecified atom stereocenters. The fourth-order valence-electron chi connectivity index (χ4n) is 1.94. The molecule has 0 bridgehead atoms. The quantitative estimate of drug-likeness (QED) is 0.705. The summed E-state index contributed by atoms with van der Waals surface area (Å²) < 4.78 is 25.5. The number of hydrogen-bond donors (Lipinski definition) is 3. The molecule has 1 aromatic carbocycles. The predicted molar refractivity (Wildman–Crippen MR) is 72.9 cm³/mol. The molecule has 4 N–H and O–H groups in total. The van der Waals surface area contributed by atoms with E-state index in [1.54, 1.807) is 12.1 Å². The average molecular weight is 269 g/mol. The van der Waals surface area contributed by atoms with Crippen LogP contribution in [0.4, 0.5) is 11.4 Å². The van der Waals surface area contributed by atoms with E-state index in [0.717, 1.165) is 18.2 Å². The fourth-order valence-corrected chi connectivity index (χ4v) is 2.70. The summed E-state index contributed by atoms with van der Waals surface area (Å²) in [7, 11) is -2.04. The van der Waals surface area contributed by atoms with Crippen LogP contribution in [0.3, 0.4) is 0 Å². The van der Waals surface area contributed by atoms with Crippen molar-refractivity contribution in [3.05, 3.63) is 18.2 Å². The van der Waals surface area contributed by atoms with Gasteiger partial charge in [-0.15, -0.1) is 0 Å². The first-order chi connectivity index (χ1) is 8.53. The Morgan fingerprint density at radius 1 is 1.39 bits per heavy atom. The van der Waals surface area contributed by atoms with Crippen LogP contribution >= 0.6 is 0 Å². The Hall–Kier alpha value is -1.27. The van der Waals surface area contributed by atoms with Gasteiger partial charge < -0.3 is 11.1 Å². The van der Waals surface area contributed by atoms with Gasteiger partial charge in [-0.3, -0.25) is 0 Å². The number of sulfonamides is 1. The van der Waals surface area contributed by atoms with Crippen molar-refractivity contribution >= 4 is 21.4 Å². The molecule has 0 aliphatic heterocycles. The Bertz CT molecular complexity index is 524. The van der Waals surface area contributed by atoms with Gasteiger partial charge in [0.15, 0.2) is 0 Å². The molecule has 0 atom stereocenters. The zero-order chi connectivity index (χ0) is 13.2. The van der Waals surface area contributed by atoms with Gasteiger partial charge in [0.2, 0.25) is 10.0 Å². The topological polar surface area (TPSA) is 84.2 Å². The minimum Gasteiger partial charge on any atom is -0.397 e. The summed E-state index contributed by atoms with van der Waals surface area (Å²) in [6, 6.07) is 4.76. The van der Waals surface area contributed by atoms with Crippen LogP contribution in [0.25, 0.3) is 0 Å². The maximum atomic E-state index is 11.6. The summed E-state index contributed by atoms with van der Waals surface area (Å²) in [5.41, 5.74) is 7.13. The molecule has 100 valence electrons. The normalized spacial score (nSPS) is 16.3. The maximum absolute atomic E-state index is 11.6. The molecule has 1 aromatic rings. The molecule has 0 heterocycles. The van der Waals surface area contributed by atoms with Crippen LogP contribution < -0.4 is 15.8 Å². The summed E-state index contributed by atoms with van der Waals surface area (Å²) in [6.07, 6.45) is 3.83. The zero-order valence-electron chi connectivity index (χ0n) is 10.4. The standard InChI is InChI=1S/C12H19N3O2S/c1-14-18(16,17)10-5-6-12(11(13)7-10)15-8-9-3-2-4-9/h5-7,9,14-15H,2-4,8,13H2,1H3. The molecule has 1 aliphatic rings. The number of anilines is 2. The molecule has 0 amide bonds. The first-order valence-electron chi connectivity index (χ1n) is 6.10. The highest BCUT2D eigenvalue weighted by molar-refractivity contribution is 7.89. The van der Waals surface area contributed by atoms with Crippen molar-refractivity contribution < 1.29 is 8.42 Å². The number of nitrogens with two attached hydrogens (primary N) is 1. The Morgan fingerprint density at radius 2 is 2.11 bits per heavy atom. The van der Waals surface area contributed by atoms with Crippen LogP contribution in [-0.4, -0.2) is 22.0 Å². The molecule has 0 spiro atoms. The lowest BCUT2D eigenvalue weighted by Crippen LogP contribution is -2.22. The minimum absolute atomic E-state index is 0.191. The van der Waals surface area contributed by atoms with Gasteiger partial charge in [-0.1, -0.05) is 6.42 Å². The molecule has 1 aliphatic carbocycles. The van der Waals surface area contributed by atoms with Crippen LogP contribution in [0.2, 0.25) is 0 Å². The second-order valence-corrected chi connectivity index (χ2v) is 6.52. The summed E-state index contributed by atoms with van der Waals surface area (Å²) >= 11 is 0. The lowest BCUT2D eigenvalue weighted by atomic mass is 9.85. The van der Waals surface area contributed by atoms with Crippen LogP contribution in [0.1, 0.15) is 19.3 Å². The SMILES string of the molecule is CNS(=O)(=O)c1ccc(NCC2CCC2)c(N)c1. The molecular formula is C12H19N3O2S. The van der Waals surface area contributed by atoms with Gasteiger partial charge in [-0.2, -0.15) is 0 Å². The molecule has 2 rings (SSSR count). The largest absolute Gasteiger partial charge is 0.397 e. The third-order valence-corrected chi connectivity index (χ3v) is 4.82. The Balaban J connectivity index is 2.09. The van der Waals surface area contributed by atoms with Gasteiger partial charge in [0.25, 0.3) is 0 Å². The van der Waals surface area contributed by atoms with Crippen molar-refractivity contribution in [2.45, 2.75) is 24.2 Å². The zero-order valence-corrected chi connectivity index (χ0v) is 11.3. The van der Waals surface area contributed by atoms with Crippen LogP contribution in [-0.2, 0) is 10.0 Å². The van der Waals surface area contributed by atoms with Crippen molar-refractivity contribution in [2.75, 3.05) is 24.6 Å². The molecule has 1 fully saturated rings. The molecule has 0 saturated heterocycles. The van der Waals surface area contributed by atoms with E-state index in [-0.39, 0.29) is 4.90 Å². The van der Waals surface area contributed by atoms with E-state index in [2.05, 4.69) is 10.0 Å². The van der Waals surface area contributed by atoms with Gasteiger partial charge in [0, 0.05) is 6.54 Å². The lowest BCUT2D eigenvalue weighted by molar-refractivity contribution is 0.333. The molecular weight excluding hydrogens is 250 g/mol. The highest BCUT2D eigenvalue weighted by Crippen LogP contribution is 2.28. The summed E-state index contributed by atoms with van der Waals surface area (Å²) in [4.78, 5) is 0.191. The molecule has 18 heavy (non-hydrogen) atoms. The molecule has 1 saturated carbocycles. The van der Waals surface area contributed by atoms with Crippen molar-refractivity contribution in [3.63, 3.8) is 0 Å². The molecule has 0 radical (unpaired) electrons. The monoisotopic (exact) mass is 269 g/mol. The molecule has 5 nitrogen and oxygen atoms in total. The fraction of sp³-hybridized carbons (Fsp3) is 0.500. The van der Waals surface area contributed by atoms with Gasteiger partial charge in [0.1, 0.15) is 0 Å². The van der Waals surface area contributed by atoms with Gasteiger partial charge in [-0.25, -0.2) is 13.1 Å². The third kappa shape index (κ3) is 2.76. The number of rotatable bonds is 5. The second-order valence-electron chi connectivity index (χ2n) is 4.63. The van der Waals surface area contributed by atoms with E-state index in [9.17, 15) is 8.42 Å². The van der Waals surface area contributed by atoms with E-state index < -0.39 is 10.0 Å². The Labute approximate surface area is 108 Å². The second kappa shape index (κ2) is 5.16. The Kier molecular flexibility index (Phi) is 3.77. The summed E-state index contributed by atoms with van der Waals surface area (Å²) in [6.45, 7) is 0.905. The van der Waals surface area contributed by atoms with E-state index in [0.29, 0.717) is 5.69 Å². The van der Waals surface area contributed by atoms with E-state index >= 15 is 0 Å². The minimum atomic E-state index is -3.42. The van der Waals surface area contributed by atoms with E-state index in [1.807, 2.05) is 0 Å². The number of hydrogen-bond acceptors (Lipinski definition) is 4. The predicted octanol–water partition coefficient (Wildman–Crippen LogP) is 1.39. The van der Waals surface area contributed by atoms with E-state index in [4.69, 9.17) is 5.73 Å². The third-order valence-electron chi connectivity index (χ3n) is 3.41. The summed E-state index contributed by atoms with van der Waals surface area (Å²) in [5, 5.41) is 3.27. The van der Waals surface area contributed by atoms with Gasteiger partial charge in [0.05, 0.1) is 16.3 Å². The smallest absolute Gasteiger partial charge is 0.240 e.